The third-order valence-corrected chi connectivity index (χ3v) is 7.66. The van der Waals surface area contributed by atoms with Crippen LogP contribution in [0.15, 0.2) is 53.4 Å². The quantitative estimate of drug-likeness (QED) is 0.685. The van der Waals surface area contributed by atoms with Gasteiger partial charge in [0.15, 0.2) is 0 Å². The minimum Gasteiger partial charge on any atom is -0.491 e. The number of carbonyl (C=O) groups is 1. The van der Waals surface area contributed by atoms with Crippen LogP contribution >= 0.6 is 0 Å². The number of benzene rings is 2. The molecule has 2 saturated heterocycles. The Morgan fingerprint density at radius 3 is 2.32 bits per heavy atom. The first-order chi connectivity index (χ1) is 14.9. The van der Waals surface area contributed by atoms with Gasteiger partial charge in [0, 0.05) is 38.3 Å². The zero-order valence-electron chi connectivity index (χ0n) is 17.7. The second kappa shape index (κ2) is 9.38. The van der Waals surface area contributed by atoms with Crippen molar-refractivity contribution in [3.8, 4) is 5.75 Å². The molecule has 2 heterocycles. The molecule has 166 valence electrons. The maximum Gasteiger partial charge on any atom is 0.253 e. The van der Waals surface area contributed by atoms with Crippen molar-refractivity contribution in [2.75, 3.05) is 39.4 Å². The third-order valence-electron chi connectivity index (χ3n) is 5.75. The van der Waals surface area contributed by atoms with Crippen LogP contribution in [0.3, 0.4) is 0 Å². The summed E-state index contributed by atoms with van der Waals surface area (Å²) in [4.78, 5) is 14.8. The molecule has 2 aromatic carbocycles. The number of nitrogens with zero attached hydrogens (tertiary/aromatic N) is 2. The second-order valence-corrected chi connectivity index (χ2v) is 9.92. The molecule has 0 saturated carbocycles. The van der Waals surface area contributed by atoms with Crippen LogP contribution in [0.5, 0.6) is 5.75 Å². The third kappa shape index (κ3) is 5.08. The van der Waals surface area contributed by atoms with Gasteiger partial charge in [0.25, 0.3) is 5.91 Å². The summed E-state index contributed by atoms with van der Waals surface area (Å²) in [7, 11) is -3.54. The van der Waals surface area contributed by atoms with Gasteiger partial charge in [-0.3, -0.25) is 4.79 Å². The van der Waals surface area contributed by atoms with Gasteiger partial charge >= 0.3 is 0 Å². The van der Waals surface area contributed by atoms with Crippen LogP contribution < -0.4 is 4.74 Å². The predicted molar refractivity (Wildman–Crippen MR) is 117 cm³/mol. The highest BCUT2D eigenvalue weighted by atomic mass is 32.2. The van der Waals surface area contributed by atoms with Crippen molar-refractivity contribution >= 4 is 15.9 Å². The van der Waals surface area contributed by atoms with Gasteiger partial charge in [-0.1, -0.05) is 17.7 Å². The van der Waals surface area contributed by atoms with Crippen LogP contribution in [0.1, 0.15) is 28.8 Å². The summed E-state index contributed by atoms with van der Waals surface area (Å²) in [6.45, 7) is 4.52. The molecular formula is C23H28N2O5S. The van der Waals surface area contributed by atoms with E-state index in [0.717, 1.165) is 25.0 Å². The average Bonchev–Trinajstić information content (AvgIpc) is 3.32. The van der Waals surface area contributed by atoms with Crippen molar-refractivity contribution in [3.63, 3.8) is 0 Å². The number of hydrogen-bond acceptors (Lipinski definition) is 5. The van der Waals surface area contributed by atoms with Gasteiger partial charge in [-0.25, -0.2) is 8.42 Å². The molecular weight excluding hydrogens is 416 g/mol. The van der Waals surface area contributed by atoms with Gasteiger partial charge in [0.05, 0.1) is 11.0 Å². The molecule has 0 radical (unpaired) electrons. The molecule has 4 rings (SSSR count). The maximum atomic E-state index is 12.8. The Morgan fingerprint density at radius 1 is 1.03 bits per heavy atom. The van der Waals surface area contributed by atoms with Crippen LogP contribution in [-0.2, 0) is 14.8 Å². The number of carbonyl (C=O) groups excluding carboxylic acids is 1. The zero-order chi connectivity index (χ0) is 21.8. The average molecular weight is 445 g/mol. The van der Waals surface area contributed by atoms with Gasteiger partial charge in [0.1, 0.15) is 12.4 Å². The number of sulfonamides is 1. The van der Waals surface area contributed by atoms with E-state index in [-0.39, 0.29) is 30.0 Å². The molecule has 31 heavy (non-hydrogen) atoms. The van der Waals surface area contributed by atoms with E-state index in [1.807, 2.05) is 6.92 Å². The molecule has 7 nitrogen and oxygen atoms in total. The molecule has 8 heteroatoms. The Kier molecular flexibility index (Phi) is 6.60. The Labute approximate surface area is 183 Å². The summed E-state index contributed by atoms with van der Waals surface area (Å²) in [5, 5.41) is 0. The van der Waals surface area contributed by atoms with E-state index in [9.17, 15) is 13.2 Å². The molecule has 0 N–H and O–H groups in total. The van der Waals surface area contributed by atoms with E-state index >= 15 is 0 Å². The van der Waals surface area contributed by atoms with E-state index < -0.39 is 10.0 Å². The summed E-state index contributed by atoms with van der Waals surface area (Å²) in [6.07, 6.45) is 2.23. The zero-order valence-corrected chi connectivity index (χ0v) is 18.5. The van der Waals surface area contributed by atoms with Crippen LogP contribution in [-0.4, -0.2) is 69.0 Å². The maximum absolute atomic E-state index is 12.8. The van der Waals surface area contributed by atoms with Crippen molar-refractivity contribution in [3.05, 3.63) is 59.7 Å². The highest BCUT2D eigenvalue weighted by molar-refractivity contribution is 7.89. The van der Waals surface area contributed by atoms with Crippen LogP contribution in [0.2, 0.25) is 0 Å². The molecule has 0 aliphatic carbocycles. The van der Waals surface area contributed by atoms with E-state index in [4.69, 9.17) is 9.47 Å². The van der Waals surface area contributed by atoms with Crippen molar-refractivity contribution in [2.24, 2.45) is 0 Å². The summed E-state index contributed by atoms with van der Waals surface area (Å²) in [5.41, 5.74) is 1.58. The van der Waals surface area contributed by atoms with Crippen molar-refractivity contribution < 1.29 is 22.7 Å². The summed E-state index contributed by atoms with van der Waals surface area (Å²) in [5.74, 6) is 0.610. The number of hydrogen-bond donors (Lipinski definition) is 0. The van der Waals surface area contributed by atoms with Crippen molar-refractivity contribution in [1.82, 2.24) is 9.21 Å². The molecule has 1 amide bonds. The van der Waals surface area contributed by atoms with E-state index in [2.05, 4.69) is 0 Å². The number of aryl methyl sites for hydroxylation is 1. The second-order valence-electron chi connectivity index (χ2n) is 7.98. The normalized spacial score (nSPS) is 20.0. The van der Waals surface area contributed by atoms with E-state index in [0.29, 0.717) is 31.0 Å². The number of amides is 1. The van der Waals surface area contributed by atoms with Gasteiger partial charge in [-0.15, -0.1) is 0 Å². The molecule has 2 aliphatic heterocycles. The molecule has 1 atom stereocenters. The fourth-order valence-corrected chi connectivity index (χ4v) is 5.25. The van der Waals surface area contributed by atoms with Gasteiger partial charge in [-0.2, -0.15) is 4.31 Å². The van der Waals surface area contributed by atoms with Gasteiger partial charge < -0.3 is 14.4 Å². The minimum absolute atomic E-state index is 0.0990. The Balaban J connectivity index is 1.32. The molecule has 2 fully saturated rings. The highest BCUT2D eigenvalue weighted by Crippen LogP contribution is 2.20. The number of rotatable bonds is 6. The topological polar surface area (TPSA) is 76.2 Å². The summed E-state index contributed by atoms with van der Waals surface area (Å²) in [6, 6.07) is 13.9. The van der Waals surface area contributed by atoms with Crippen LogP contribution in [0.4, 0.5) is 0 Å². The molecule has 2 aliphatic rings. The smallest absolute Gasteiger partial charge is 0.253 e. The lowest BCUT2D eigenvalue weighted by Gasteiger charge is -2.34. The van der Waals surface area contributed by atoms with Crippen molar-refractivity contribution in [1.29, 1.82) is 0 Å². The fraction of sp³-hybridized carbons (Fsp3) is 0.435. The molecule has 1 unspecified atom stereocenters. The Hall–Kier alpha value is -2.42. The van der Waals surface area contributed by atoms with Gasteiger partial charge in [-0.05, 0) is 56.2 Å². The largest absolute Gasteiger partial charge is 0.491 e. The minimum atomic E-state index is -3.54. The SMILES string of the molecule is Cc1ccc(S(=O)(=O)N2CCN(C(=O)c3ccc(OCC4CCCO4)cc3)CC2)cc1. The highest BCUT2D eigenvalue weighted by Gasteiger charge is 2.30. The lowest BCUT2D eigenvalue weighted by molar-refractivity contribution is 0.0676. The van der Waals surface area contributed by atoms with E-state index in [1.165, 1.54) is 4.31 Å². The van der Waals surface area contributed by atoms with Gasteiger partial charge in [0.2, 0.25) is 10.0 Å². The lowest BCUT2D eigenvalue weighted by atomic mass is 10.2. The number of ether oxygens (including phenoxy) is 2. The van der Waals surface area contributed by atoms with Crippen molar-refractivity contribution in [2.45, 2.75) is 30.8 Å². The molecule has 0 spiro atoms. The molecule has 0 bridgehead atoms. The molecule has 2 aromatic rings. The monoisotopic (exact) mass is 444 g/mol. The molecule has 0 aromatic heterocycles. The lowest BCUT2D eigenvalue weighted by Crippen LogP contribution is -2.50. The standard InChI is InChI=1S/C23H28N2O5S/c1-18-4-10-22(11-5-18)31(27,28)25-14-12-24(13-15-25)23(26)19-6-8-20(9-7-19)30-17-21-3-2-16-29-21/h4-11,21H,2-3,12-17H2,1H3. The van der Waals surface area contributed by atoms with Crippen LogP contribution in [0, 0.1) is 6.92 Å². The first-order valence-corrected chi connectivity index (χ1v) is 12.1. The summed E-state index contributed by atoms with van der Waals surface area (Å²) >= 11 is 0. The first-order valence-electron chi connectivity index (χ1n) is 10.6. The van der Waals surface area contributed by atoms with E-state index in [1.54, 1.807) is 53.4 Å². The Morgan fingerprint density at radius 2 is 1.71 bits per heavy atom. The number of piperazine rings is 1. The predicted octanol–water partition coefficient (Wildman–Crippen LogP) is 2.70. The van der Waals surface area contributed by atoms with Crippen LogP contribution in [0.25, 0.3) is 0 Å². The fourth-order valence-electron chi connectivity index (χ4n) is 3.83. The summed E-state index contributed by atoms with van der Waals surface area (Å²) < 4.78 is 38.4. The first kappa shape index (κ1) is 21.8. The Bertz CT molecular complexity index is 991.